The quantitative estimate of drug-likeness (QED) is 0.615. The van der Waals surface area contributed by atoms with Gasteiger partial charge in [-0.3, -0.25) is 0 Å². The van der Waals surface area contributed by atoms with E-state index in [-0.39, 0.29) is 0 Å². The number of hydrogen-bond acceptors (Lipinski definition) is 1. The molecule has 0 amide bonds. The monoisotopic (exact) mass is 219 g/mol. The number of alkyl halides is 3. The number of nitriles is 1. The van der Waals surface area contributed by atoms with Gasteiger partial charge >= 0.3 is 0 Å². The van der Waals surface area contributed by atoms with E-state index in [0.717, 1.165) is 0 Å². The van der Waals surface area contributed by atoms with Gasteiger partial charge in [0.05, 0.1) is 11.6 Å². The third-order valence-electron chi connectivity index (χ3n) is 1.34. The lowest BCUT2D eigenvalue weighted by molar-refractivity contribution is 1.24. The summed E-state index contributed by atoms with van der Waals surface area (Å²) in [7, 11) is 0. The molecule has 0 spiro atoms. The van der Waals surface area contributed by atoms with Gasteiger partial charge in [0.25, 0.3) is 0 Å². The lowest BCUT2D eigenvalue weighted by Gasteiger charge is -2.09. The van der Waals surface area contributed by atoms with E-state index in [1.54, 1.807) is 24.3 Å². The third-order valence-corrected chi connectivity index (χ3v) is 2.00. The number of hydrogen-bond donors (Lipinski definition) is 0. The van der Waals surface area contributed by atoms with Crippen LogP contribution >= 0.6 is 34.8 Å². The van der Waals surface area contributed by atoms with Crippen molar-refractivity contribution in [3.05, 3.63) is 35.4 Å². The Morgan fingerprint density at radius 3 is 1.92 bits per heavy atom. The zero-order valence-electron chi connectivity index (χ0n) is 5.89. The number of halogens is 3. The topological polar surface area (TPSA) is 23.8 Å². The van der Waals surface area contributed by atoms with Gasteiger partial charge in [-0.1, -0.05) is 46.9 Å². The Balaban J connectivity index is 3.02. The van der Waals surface area contributed by atoms with Crippen LogP contribution in [0, 0.1) is 11.3 Å². The molecule has 0 atom stereocenters. The maximum atomic E-state index is 8.48. The number of nitrogens with zero attached hydrogens (tertiary/aromatic N) is 1. The molecule has 0 radical (unpaired) electrons. The second-order valence-electron chi connectivity index (χ2n) is 2.19. The van der Waals surface area contributed by atoms with Crippen molar-refractivity contribution < 1.29 is 0 Å². The second kappa shape index (κ2) is 3.53. The number of benzene rings is 1. The van der Waals surface area contributed by atoms with Crippen LogP contribution in [-0.2, 0) is 3.79 Å². The molecule has 0 aromatic heterocycles. The molecule has 0 saturated heterocycles. The SMILES string of the molecule is N#Cc1ccc(C(Cl)(Cl)Cl)cc1. The van der Waals surface area contributed by atoms with E-state index in [1.807, 2.05) is 6.07 Å². The first-order valence-corrected chi connectivity index (χ1v) is 4.25. The summed E-state index contributed by atoms with van der Waals surface area (Å²) in [6, 6.07) is 8.43. The summed E-state index contributed by atoms with van der Waals surface area (Å²) in [4.78, 5) is 0. The first-order valence-electron chi connectivity index (χ1n) is 3.11. The fraction of sp³-hybridized carbons (Fsp3) is 0.125. The lowest BCUT2D eigenvalue weighted by atomic mass is 10.2. The Morgan fingerprint density at radius 2 is 1.58 bits per heavy atom. The number of rotatable bonds is 0. The molecule has 12 heavy (non-hydrogen) atoms. The minimum atomic E-state index is -1.41. The summed E-state index contributed by atoms with van der Waals surface area (Å²) in [5.74, 6) is 0. The molecule has 0 aliphatic carbocycles. The van der Waals surface area contributed by atoms with Crippen LogP contribution in [0.2, 0.25) is 0 Å². The Morgan fingerprint density at radius 1 is 1.08 bits per heavy atom. The van der Waals surface area contributed by atoms with Crippen LogP contribution in [-0.4, -0.2) is 0 Å². The van der Waals surface area contributed by atoms with Crippen LogP contribution in [0.15, 0.2) is 24.3 Å². The van der Waals surface area contributed by atoms with Crippen molar-refractivity contribution in [2.24, 2.45) is 0 Å². The fourth-order valence-corrected chi connectivity index (χ4v) is 1.11. The predicted molar refractivity (Wildman–Crippen MR) is 50.4 cm³/mol. The maximum absolute atomic E-state index is 8.48. The summed E-state index contributed by atoms with van der Waals surface area (Å²) < 4.78 is -1.41. The molecule has 62 valence electrons. The average Bonchev–Trinajstić information content (AvgIpc) is 2.03. The summed E-state index contributed by atoms with van der Waals surface area (Å²) >= 11 is 16.8. The van der Waals surface area contributed by atoms with E-state index in [0.29, 0.717) is 11.1 Å². The minimum absolute atomic E-state index is 0.549. The van der Waals surface area contributed by atoms with E-state index in [1.165, 1.54) is 0 Å². The highest BCUT2D eigenvalue weighted by Crippen LogP contribution is 2.37. The first kappa shape index (κ1) is 9.67. The highest BCUT2D eigenvalue weighted by Gasteiger charge is 2.21. The van der Waals surface area contributed by atoms with Gasteiger partial charge < -0.3 is 0 Å². The van der Waals surface area contributed by atoms with Gasteiger partial charge in [0.1, 0.15) is 0 Å². The summed E-state index contributed by atoms with van der Waals surface area (Å²) in [5.41, 5.74) is 1.11. The molecule has 0 aliphatic heterocycles. The highest BCUT2D eigenvalue weighted by molar-refractivity contribution is 6.66. The molecule has 0 aliphatic rings. The zero-order chi connectivity index (χ0) is 9.19. The molecule has 0 N–H and O–H groups in total. The van der Waals surface area contributed by atoms with Crippen molar-refractivity contribution in [1.82, 2.24) is 0 Å². The van der Waals surface area contributed by atoms with Gasteiger partial charge in [0.15, 0.2) is 0 Å². The summed E-state index contributed by atoms with van der Waals surface area (Å²) in [6.07, 6.45) is 0. The van der Waals surface area contributed by atoms with Gasteiger partial charge in [-0.15, -0.1) is 0 Å². The van der Waals surface area contributed by atoms with Crippen molar-refractivity contribution in [2.75, 3.05) is 0 Å². The van der Waals surface area contributed by atoms with E-state index < -0.39 is 3.79 Å². The smallest absolute Gasteiger partial charge is 0.192 e. The van der Waals surface area contributed by atoms with Crippen LogP contribution in [0.5, 0.6) is 0 Å². The fourth-order valence-electron chi connectivity index (χ4n) is 0.734. The van der Waals surface area contributed by atoms with Crippen molar-refractivity contribution in [2.45, 2.75) is 3.79 Å². The standard InChI is InChI=1S/C8H4Cl3N/c9-8(10,11)7-3-1-6(5-12)2-4-7/h1-4H. The first-order chi connectivity index (χ1) is 5.54. The molecule has 0 heterocycles. The highest BCUT2D eigenvalue weighted by atomic mass is 35.6. The van der Waals surface area contributed by atoms with Gasteiger partial charge in [0.2, 0.25) is 3.79 Å². The molecule has 0 unspecified atom stereocenters. The Kier molecular flexibility index (Phi) is 2.85. The van der Waals surface area contributed by atoms with E-state index in [9.17, 15) is 0 Å². The van der Waals surface area contributed by atoms with E-state index >= 15 is 0 Å². The van der Waals surface area contributed by atoms with E-state index in [2.05, 4.69) is 0 Å². The van der Waals surface area contributed by atoms with Crippen LogP contribution in [0.3, 0.4) is 0 Å². The molecule has 1 aromatic rings. The molecule has 1 aromatic carbocycles. The van der Waals surface area contributed by atoms with Crippen molar-refractivity contribution in [1.29, 1.82) is 5.26 Å². The Hall–Kier alpha value is -0.420. The maximum Gasteiger partial charge on any atom is 0.216 e. The Labute approximate surface area is 85.5 Å². The van der Waals surface area contributed by atoms with Crippen molar-refractivity contribution in [3.63, 3.8) is 0 Å². The minimum Gasteiger partial charge on any atom is -0.192 e. The molecule has 0 bridgehead atoms. The normalized spacial score (nSPS) is 10.8. The summed E-state index contributed by atoms with van der Waals surface area (Å²) in [5, 5.41) is 8.48. The largest absolute Gasteiger partial charge is 0.216 e. The Bertz CT molecular complexity index is 305. The van der Waals surface area contributed by atoms with Gasteiger partial charge in [-0.05, 0) is 12.1 Å². The van der Waals surface area contributed by atoms with Gasteiger partial charge in [-0.2, -0.15) is 5.26 Å². The molecule has 0 saturated carbocycles. The third kappa shape index (κ3) is 2.28. The summed E-state index contributed by atoms with van der Waals surface area (Å²) in [6.45, 7) is 0. The van der Waals surface area contributed by atoms with Crippen LogP contribution in [0.1, 0.15) is 11.1 Å². The molecule has 4 heteroatoms. The van der Waals surface area contributed by atoms with Crippen molar-refractivity contribution in [3.8, 4) is 6.07 Å². The molecular weight excluding hydrogens is 216 g/mol. The van der Waals surface area contributed by atoms with Crippen LogP contribution in [0.4, 0.5) is 0 Å². The van der Waals surface area contributed by atoms with Crippen LogP contribution < -0.4 is 0 Å². The zero-order valence-corrected chi connectivity index (χ0v) is 8.16. The predicted octanol–water partition coefficient (Wildman–Crippen LogP) is 3.38. The molecule has 1 nitrogen and oxygen atoms in total. The molecule has 0 fully saturated rings. The molecule has 1 rings (SSSR count). The van der Waals surface area contributed by atoms with Gasteiger partial charge in [-0.25, -0.2) is 0 Å². The van der Waals surface area contributed by atoms with Crippen molar-refractivity contribution >= 4 is 34.8 Å². The van der Waals surface area contributed by atoms with Gasteiger partial charge in [0, 0.05) is 5.56 Å². The second-order valence-corrected chi connectivity index (χ2v) is 4.47. The van der Waals surface area contributed by atoms with Crippen LogP contribution in [0.25, 0.3) is 0 Å². The van der Waals surface area contributed by atoms with E-state index in [4.69, 9.17) is 40.1 Å². The average molecular weight is 220 g/mol. The lowest BCUT2D eigenvalue weighted by Crippen LogP contribution is -1.98. The molecular formula is C8H4Cl3N.